The standard InChI is InChI=1S/C29H41.C12H19.C8H8.2ClH.Zr/c1-26(2,3)22-14-18-13-19-15-23(27(4,5)6)25(29(10,11)12)17-21(19)20(18)16-24(22)28(7,8)9;1-5-6-10-7-8-11(9-10)12(2,3)4;1-2-8-6-4-3-5-7-8;;;/h14,16-17H,13H2,1-12H3;8-10H,5-6H2,1-4H3;3-7H,1H3;2*1H;/q2*-1;;;;+2/p-2. The van der Waals surface area contributed by atoms with Crippen molar-refractivity contribution >= 4 is 3.21 Å². The molecular weight excluding hydrogens is 751 g/mol. The van der Waals surface area contributed by atoms with Crippen LogP contribution in [0.25, 0.3) is 11.1 Å². The fourth-order valence-electron chi connectivity index (χ4n) is 6.77. The van der Waals surface area contributed by atoms with Gasteiger partial charge in [-0.25, -0.2) is 6.08 Å². The van der Waals surface area contributed by atoms with Gasteiger partial charge in [0.2, 0.25) is 0 Å². The zero-order chi connectivity index (χ0) is 38.0. The average Bonchev–Trinajstić information content (AvgIpc) is 3.60. The van der Waals surface area contributed by atoms with Gasteiger partial charge in [0.05, 0.1) is 0 Å². The zero-order valence-electron chi connectivity index (χ0n) is 35.7. The van der Waals surface area contributed by atoms with Crippen LogP contribution < -0.4 is 24.8 Å². The second-order valence-electron chi connectivity index (χ2n) is 19.8. The number of allylic oxidation sites excluding steroid dienone is 4. The summed E-state index contributed by atoms with van der Waals surface area (Å²) in [5, 5.41) is 0. The summed E-state index contributed by atoms with van der Waals surface area (Å²) < 4.78 is 1.46. The summed E-state index contributed by atoms with van der Waals surface area (Å²) >= 11 is 1.51. The monoisotopic (exact) mass is 816 g/mol. The molecule has 52 heavy (non-hydrogen) atoms. The van der Waals surface area contributed by atoms with Gasteiger partial charge in [-0.15, -0.1) is 16.7 Å². The molecule has 0 saturated carbocycles. The average molecular weight is 819 g/mol. The molecule has 0 nitrogen and oxygen atoms in total. The first-order chi connectivity index (χ1) is 22.7. The van der Waals surface area contributed by atoms with E-state index in [9.17, 15) is 0 Å². The molecule has 3 heteroatoms. The Labute approximate surface area is 348 Å². The summed E-state index contributed by atoms with van der Waals surface area (Å²) in [6, 6.07) is 21.9. The van der Waals surface area contributed by atoms with Crippen LogP contribution in [0.5, 0.6) is 0 Å². The minimum absolute atomic E-state index is 0. The van der Waals surface area contributed by atoms with Crippen LogP contribution >= 0.6 is 0 Å². The molecule has 0 aliphatic heterocycles. The molecule has 0 bridgehead atoms. The van der Waals surface area contributed by atoms with E-state index in [0.29, 0.717) is 11.3 Å². The molecule has 5 rings (SSSR count). The molecule has 0 N–H and O–H groups in total. The van der Waals surface area contributed by atoms with Crippen LogP contribution in [-0.2, 0) is 52.3 Å². The Morgan fingerprint density at radius 3 is 1.58 bits per heavy atom. The fourth-order valence-corrected chi connectivity index (χ4v) is 7.18. The van der Waals surface area contributed by atoms with Crippen molar-refractivity contribution in [2.45, 2.75) is 159 Å². The van der Waals surface area contributed by atoms with E-state index in [1.165, 1.54) is 95.9 Å². The first-order valence-electron chi connectivity index (χ1n) is 19.0. The predicted octanol–water partition coefficient (Wildman–Crippen LogP) is 7.78. The summed E-state index contributed by atoms with van der Waals surface area (Å²) in [4.78, 5) is 0. The first kappa shape index (κ1) is 48.5. The van der Waals surface area contributed by atoms with Crippen molar-refractivity contribution in [3.05, 3.63) is 117 Å². The van der Waals surface area contributed by atoms with E-state index in [1.54, 1.807) is 0 Å². The van der Waals surface area contributed by atoms with Gasteiger partial charge in [-0.05, 0) is 39.4 Å². The van der Waals surface area contributed by atoms with Gasteiger partial charge in [0.25, 0.3) is 0 Å². The second kappa shape index (κ2) is 18.4. The van der Waals surface area contributed by atoms with E-state index in [4.69, 9.17) is 0 Å². The molecule has 2 aliphatic carbocycles. The smallest absolute Gasteiger partial charge is 1.00 e. The largest absolute Gasteiger partial charge is 1.00 e. The van der Waals surface area contributed by atoms with E-state index in [2.05, 4.69) is 184 Å². The molecule has 0 aromatic heterocycles. The number of rotatable bonds is 3. The molecule has 1 unspecified atom stereocenters. The van der Waals surface area contributed by atoms with Gasteiger partial charge in [-0.3, -0.25) is 6.08 Å². The van der Waals surface area contributed by atoms with Gasteiger partial charge in [-0.1, -0.05) is 158 Å². The molecule has 0 spiro atoms. The third-order valence-corrected chi connectivity index (χ3v) is 10.4. The molecule has 0 heterocycles. The SMILES string of the molecule is CC(C)(C)c1[c-]c2c(cc1C(C)(C)C)-c1cc(C(C)(C)C)c(C(C)(C)C)cc1C2.CCCC1[C-]=CC(C(C)(C)C)=C1.C[C](=[Zr+2])c1ccccc1.[Cl-].[Cl-]. The van der Waals surface area contributed by atoms with Crippen LogP contribution in [0, 0.1) is 23.5 Å². The molecule has 0 fully saturated rings. The van der Waals surface area contributed by atoms with E-state index in [1.807, 2.05) is 6.07 Å². The van der Waals surface area contributed by atoms with Crippen LogP contribution in [0.15, 0.2) is 66.3 Å². The van der Waals surface area contributed by atoms with Crippen molar-refractivity contribution in [1.29, 1.82) is 0 Å². The third kappa shape index (κ3) is 12.8. The van der Waals surface area contributed by atoms with Gasteiger partial charge in [0.1, 0.15) is 0 Å². The molecule has 0 radical (unpaired) electrons. The summed E-state index contributed by atoms with van der Waals surface area (Å²) in [6.45, 7) is 39.1. The molecule has 284 valence electrons. The number of hydrogen-bond acceptors (Lipinski definition) is 0. The van der Waals surface area contributed by atoms with Crippen molar-refractivity contribution in [3.63, 3.8) is 0 Å². The van der Waals surface area contributed by atoms with Crippen molar-refractivity contribution in [2.24, 2.45) is 11.3 Å². The van der Waals surface area contributed by atoms with E-state index in [0.717, 1.165) is 6.42 Å². The maximum absolute atomic E-state index is 3.90. The maximum atomic E-state index is 3.90. The summed E-state index contributed by atoms with van der Waals surface area (Å²) in [5.41, 5.74) is 15.1. The van der Waals surface area contributed by atoms with Gasteiger partial charge >= 0.3 is 70.3 Å². The molecule has 0 amide bonds. The Morgan fingerprint density at radius 2 is 1.17 bits per heavy atom. The van der Waals surface area contributed by atoms with Gasteiger partial charge in [0, 0.05) is 0 Å². The summed E-state index contributed by atoms with van der Waals surface area (Å²) in [6.07, 6.45) is 11.4. The number of benzene rings is 3. The molecule has 3 aromatic rings. The zero-order valence-corrected chi connectivity index (χ0v) is 39.7. The molecule has 1 atom stereocenters. The molecule has 3 aromatic carbocycles. The minimum Gasteiger partial charge on any atom is -1.00 e. The van der Waals surface area contributed by atoms with Crippen molar-refractivity contribution in [1.82, 2.24) is 0 Å². The fraction of sp³-hybridized carbons (Fsp3) is 0.531. The topological polar surface area (TPSA) is 0 Å². The summed E-state index contributed by atoms with van der Waals surface area (Å²) in [7, 11) is 0. The van der Waals surface area contributed by atoms with Crippen LogP contribution in [0.4, 0.5) is 0 Å². The first-order valence-corrected chi connectivity index (χ1v) is 20.2. The summed E-state index contributed by atoms with van der Waals surface area (Å²) in [5.74, 6) is 0.587. The van der Waals surface area contributed by atoms with E-state index in [-0.39, 0.29) is 46.5 Å². The minimum atomic E-state index is 0. The van der Waals surface area contributed by atoms with E-state index < -0.39 is 0 Å². The van der Waals surface area contributed by atoms with Crippen LogP contribution in [0.1, 0.15) is 169 Å². The van der Waals surface area contributed by atoms with Crippen LogP contribution in [-0.4, -0.2) is 3.21 Å². The van der Waals surface area contributed by atoms with Crippen molar-refractivity contribution in [2.75, 3.05) is 0 Å². The molecule has 2 aliphatic rings. The number of halogens is 2. The van der Waals surface area contributed by atoms with E-state index >= 15 is 0 Å². The third-order valence-electron chi connectivity index (χ3n) is 9.74. The Morgan fingerprint density at radius 1 is 0.673 bits per heavy atom. The van der Waals surface area contributed by atoms with Gasteiger partial charge in [0.15, 0.2) is 0 Å². The Bertz CT molecular complexity index is 1620. The Balaban J connectivity index is 0.000000483. The quantitative estimate of drug-likeness (QED) is 0.186. The molecule has 0 saturated heterocycles. The molecular formula is C49H68Cl2Zr-2. The van der Waals surface area contributed by atoms with Crippen molar-refractivity contribution < 1.29 is 49.0 Å². The maximum Gasteiger partial charge on any atom is -1.00 e. The Kier molecular flexibility index (Phi) is 17.2. The predicted molar refractivity (Wildman–Crippen MR) is 218 cm³/mol. The number of fused-ring (bicyclic) bond motifs is 3. The second-order valence-corrected chi connectivity index (χ2v) is 21.6. The van der Waals surface area contributed by atoms with Crippen LogP contribution in [0.3, 0.4) is 0 Å². The Hall–Kier alpha value is -1.53. The number of hydrogen-bond donors (Lipinski definition) is 0. The van der Waals surface area contributed by atoms with Crippen molar-refractivity contribution in [3.8, 4) is 11.1 Å². The normalized spacial score (nSPS) is 15.1. The van der Waals surface area contributed by atoms with Gasteiger partial charge in [-0.2, -0.15) is 29.3 Å². The van der Waals surface area contributed by atoms with Crippen LogP contribution in [0.2, 0.25) is 0 Å². The van der Waals surface area contributed by atoms with Gasteiger partial charge < -0.3 is 24.8 Å².